The Labute approximate surface area is 152 Å². The first-order chi connectivity index (χ1) is 12.0. The number of anilines is 1. The maximum atomic E-state index is 12.2. The second-order valence-corrected chi connectivity index (χ2v) is 5.72. The molecule has 0 aliphatic heterocycles. The number of carbonyl (C=O) groups is 2. The summed E-state index contributed by atoms with van der Waals surface area (Å²) in [5.41, 5.74) is 1.03. The third-order valence-corrected chi connectivity index (χ3v) is 4.04. The Kier molecular flexibility index (Phi) is 6.83. The summed E-state index contributed by atoms with van der Waals surface area (Å²) >= 11 is 6.01. The van der Waals surface area contributed by atoms with Crippen molar-refractivity contribution >= 4 is 29.1 Å². The van der Waals surface area contributed by atoms with Gasteiger partial charge in [-0.1, -0.05) is 23.7 Å². The molecule has 0 fully saturated rings. The normalized spacial score (nSPS) is 10.2. The number of carbonyl (C=O) groups excluding carboxylic acids is 2. The number of benzene rings is 2. The number of amides is 2. The van der Waals surface area contributed by atoms with E-state index >= 15 is 0 Å². The van der Waals surface area contributed by atoms with Crippen molar-refractivity contribution in [2.45, 2.75) is 13.8 Å². The Morgan fingerprint density at radius 3 is 2.28 bits per heavy atom. The van der Waals surface area contributed by atoms with Crippen LogP contribution in [0.15, 0.2) is 48.5 Å². The lowest BCUT2D eigenvalue weighted by atomic mass is 10.2. The molecule has 25 heavy (non-hydrogen) atoms. The molecule has 0 bridgehead atoms. The van der Waals surface area contributed by atoms with Crippen molar-refractivity contribution in [3.63, 3.8) is 0 Å². The van der Waals surface area contributed by atoms with Gasteiger partial charge in [-0.25, -0.2) is 0 Å². The summed E-state index contributed by atoms with van der Waals surface area (Å²) in [5.74, 6) is 0.230. The van der Waals surface area contributed by atoms with Gasteiger partial charge in [0.1, 0.15) is 5.75 Å². The highest BCUT2D eigenvalue weighted by Gasteiger charge is 2.11. The van der Waals surface area contributed by atoms with Gasteiger partial charge in [0.05, 0.1) is 10.6 Å². The number of nitrogens with zero attached hydrogens (tertiary/aromatic N) is 1. The second kappa shape index (κ2) is 9.08. The Balaban J connectivity index is 1.93. The first-order valence-electron chi connectivity index (χ1n) is 8.11. The second-order valence-electron chi connectivity index (χ2n) is 5.31. The minimum absolute atomic E-state index is 0.00694. The number of likely N-dealkylation sites (N-methyl/N-ethyl adjacent to an activating group) is 1. The first kappa shape index (κ1) is 18.8. The molecule has 1 N–H and O–H groups in total. The van der Waals surface area contributed by atoms with Crippen molar-refractivity contribution < 1.29 is 14.3 Å². The molecule has 0 atom stereocenters. The molecular formula is C19H21ClN2O3. The van der Waals surface area contributed by atoms with Crippen LogP contribution < -0.4 is 10.1 Å². The van der Waals surface area contributed by atoms with Crippen molar-refractivity contribution in [2.75, 3.05) is 25.0 Å². The minimum atomic E-state index is -0.282. The minimum Gasteiger partial charge on any atom is -0.484 e. The van der Waals surface area contributed by atoms with E-state index in [1.54, 1.807) is 53.4 Å². The lowest BCUT2D eigenvalue weighted by Crippen LogP contribution is -2.34. The molecule has 2 aromatic rings. The molecule has 0 spiro atoms. The molecule has 6 heteroatoms. The predicted molar refractivity (Wildman–Crippen MR) is 99.3 cm³/mol. The van der Waals surface area contributed by atoms with Crippen molar-refractivity contribution in [1.29, 1.82) is 0 Å². The first-order valence-corrected chi connectivity index (χ1v) is 8.49. The summed E-state index contributed by atoms with van der Waals surface area (Å²) in [6.07, 6.45) is 0. The number of hydrogen-bond donors (Lipinski definition) is 1. The van der Waals surface area contributed by atoms with Crippen molar-refractivity contribution in [3.8, 4) is 5.75 Å². The van der Waals surface area contributed by atoms with Gasteiger partial charge in [0.2, 0.25) is 0 Å². The summed E-state index contributed by atoms with van der Waals surface area (Å²) < 4.78 is 5.49. The number of ether oxygens (including phenoxy) is 1. The van der Waals surface area contributed by atoms with Gasteiger partial charge >= 0.3 is 0 Å². The molecule has 0 aliphatic rings. The van der Waals surface area contributed by atoms with E-state index in [2.05, 4.69) is 5.32 Å². The SMILES string of the molecule is CCN(CC)C(=O)COc1ccc(NC(=O)c2ccccc2Cl)cc1. The van der Waals surface area contributed by atoms with E-state index in [-0.39, 0.29) is 18.4 Å². The molecular weight excluding hydrogens is 340 g/mol. The summed E-state index contributed by atoms with van der Waals surface area (Å²) in [5, 5.41) is 3.17. The maximum absolute atomic E-state index is 12.2. The Morgan fingerprint density at radius 1 is 1.04 bits per heavy atom. The van der Waals surface area contributed by atoms with E-state index in [0.717, 1.165) is 0 Å². The van der Waals surface area contributed by atoms with E-state index in [4.69, 9.17) is 16.3 Å². The molecule has 0 heterocycles. The van der Waals surface area contributed by atoms with E-state index in [1.165, 1.54) is 0 Å². The van der Waals surface area contributed by atoms with Crippen molar-refractivity contribution in [3.05, 3.63) is 59.1 Å². The number of halogens is 1. The summed E-state index contributed by atoms with van der Waals surface area (Å²) in [6, 6.07) is 13.7. The molecule has 0 aromatic heterocycles. The van der Waals surface area contributed by atoms with Gasteiger partial charge in [-0.15, -0.1) is 0 Å². The van der Waals surface area contributed by atoms with Crippen LogP contribution in [0.2, 0.25) is 5.02 Å². The third kappa shape index (κ3) is 5.22. The third-order valence-electron chi connectivity index (χ3n) is 3.71. The average Bonchev–Trinajstić information content (AvgIpc) is 2.62. The topological polar surface area (TPSA) is 58.6 Å². The van der Waals surface area contributed by atoms with E-state index in [9.17, 15) is 9.59 Å². The molecule has 0 aliphatic carbocycles. The fourth-order valence-electron chi connectivity index (χ4n) is 2.29. The van der Waals surface area contributed by atoms with Gasteiger partial charge in [-0.3, -0.25) is 9.59 Å². The van der Waals surface area contributed by atoms with E-state index in [1.807, 2.05) is 13.8 Å². The molecule has 2 aromatic carbocycles. The molecule has 0 unspecified atom stereocenters. The van der Waals surface area contributed by atoms with Crippen LogP contribution in [0.4, 0.5) is 5.69 Å². The van der Waals surface area contributed by atoms with Crippen LogP contribution in [-0.2, 0) is 4.79 Å². The molecule has 0 saturated heterocycles. The van der Waals surface area contributed by atoms with Gasteiger partial charge in [0.25, 0.3) is 11.8 Å². The number of hydrogen-bond acceptors (Lipinski definition) is 3. The number of nitrogens with one attached hydrogen (secondary N) is 1. The molecule has 2 rings (SSSR count). The number of rotatable bonds is 7. The fourth-order valence-corrected chi connectivity index (χ4v) is 2.51. The lowest BCUT2D eigenvalue weighted by Gasteiger charge is -2.18. The van der Waals surface area contributed by atoms with Crippen LogP contribution >= 0.6 is 11.6 Å². The van der Waals surface area contributed by atoms with Gasteiger partial charge < -0.3 is 15.0 Å². The van der Waals surface area contributed by atoms with Crippen LogP contribution in [0.1, 0.15) is 24.2 Å². The average molecular weight is 361 g/mol. The highest BCUT2D eigenvalue weighted by molar-refractivity contribution is 6.34. The van der Waals surface area contributed by atoms with Gasteiger partial charge in [0, 0.05) is 18.8 Å². The summed E-state index contributed by atoms with van der Waals surface area (Å²) in [6.45, 7) is 5.17. The van der Waals surface area contributed by atoms with Crippen LogP contribution in [-0.4, -0.2) is 36.4 Å². The van der Waals surface area contributed by atoms with Gasteiger partial charge in [-0.2, -0.15) is 0 Å². The zero-order valence-electron chi connectivity index (χ0n) is 14.3. The quantitative estimate of drug-likeness (QED) is 0.816. The zero-order chi connectivity index (χ0) is 18.2. The van der Waals surface area contributed by atoms with E-state index < -0.39 is 0 Å². The maximum Gasteiger partial charge on any atom is 0.260 e. The lowest BCUT2D eigenvalue weighted by molar-refractivity contribution is -0.132. The molecule has 0 radical (unpaired) electrons. The van der Waals surface area contributed by atoms with Crippen molar-refractivity contribution in [1.82, 2.24) is 4.90 Å². The molecule has 0 saturated carbocycles. The smallest absolute Gasteiger partial charge is 0.260 e. The fraction of sp³-hybridized carbons (Fsp3) is 0.263. The Hall–Kier alpha value is -2.53. The van der Waals surface area contributed by atoms with Crippen LogP contribution in [0.25, 0.3) is 0 Å². The monoisotopic (exact) mass is 360 g/mol. The molecule has 5 nitrogen and oxygen atoms in total. The summed E-state index contributed by atoms with van der Waals surface area (Å²) in [7, 11) is 0. The molecule has 132 valence electrons. The van der Waals surface area contributed by atoms with Crippen LogP contribution in [0.3, 0.4) is 0 Å². The molecule has 2 amide bonds. The van der Waals surface area contributed by atoms with Crippen molar-refractivity contribution in [2.24, 2.45) is 0 Å². The standard InChI is InChI=1S/C19H21ClN2O3/c1-3-22(4-2)18(23)13-25-15-11-9-14(10-12-15)21-19(24)16-7-5-6-8-17(16)20/h5-12H,3-4,13H2,1-2H3,(H,21,24). The van der Waals surface area contributed by atoms with E-state index in [0.29, 0.717) is 35.1 Å². The largest absolute Gasteiger partial charge is 0.484 e. The van der Waals surface area contributed by atoms with Crippen LogP contribution in [0.5, 0.6) is 5.75 Å². The van der Waals surface area contributed by atoms with Crippen LogP contribution in [0, 0.1) is 0 Å². The Morgan fingerprint density at radius 2 is 1.68 bits per heavy atom. The van der Waals surface area contributed by atoms with Gasteiger partial charge in [0.15, 0.2) is 6.61 Å². The predicted octanol–water partition coefficient (Wildman–Crippen LogP) is 3.84. The summed E-state index contributed by atoms with van der Waals surface area (Å²) in [4.78, 5) is 25.8. The van der Waals surface area contributed by atoms with Gasteiger partial charge in [-0.05, 0) is 50.2 Å². The zero-order valence-corrected chi connectivity index (χ0v) is 15.0. The Bertz CT molecular complexity index is 728. The highest BCUT2D eigenvalue weighted by atomic mass is 35.5. The highest BCUT2D eigenvalue weighted by Crippen LogP contribution is 2.19.